The van der Waals surface area contributed by atoms with Gasteiger partial charge in [0, 0.05) is 17.4 Å². The van der Waals surface area contributed by atoms with Gasteiger partial charge >= 0.3 is 7.12 Å². The molecule has 3 aliphatic rings. The molecule has 3 heterocycles. The monoisotopic (exact) mass is 472 g/mol. The Bertz CT molecular complexity index is 989. The van der Waals surface area contributed by atoms with Gasteiger partial charge in [-0.3, -0.25) is 0 Å². The van der Waals surface area contributed by atoms with Crippen molar-refractivity contribution in [2.45, 2.75) is 77.7 Å². The third-order valence-corrected chi connectivity index (χ3v) is 7.58. The van der Waals surface area contributed by atoms with E-state index in [1.165, 1.54) is 0 Å². The first-order valence-corrected chi connectivity index (χ1v) is 12.0. The molecule has 0 spiro atoms. The molecule has 0 saturated carbocycles. The van der Waals surface area contributed by atoms with E-state index in [-0.39, 0.29) is 12.0 Å². The Balaban J connectivity index is 1.68. The minimum Gasteiger partial charge on any atom is -0.486 e. The van der Waals surface area contributed by atoms with Gasteiger partial charge in [-0.1, -0.05) is 26.0 Å². The van der Waals surface area contributed by atoms with E-state index < -0.39 is 23.9 Å². The highest BCUT2D eigenvalue weighted by Gasteiger charge is 2.53. The highest BCUT2D eigenvalue weighted by Crippen LogP contribution is 2.40. The second-order valence-corrected chi connectivity index (χ2v) is 10.6. The lowest BCUT2D eigenvalue weighted by Crippen LogP contribution is -2.47. The Kier molecular flexibility index (Phi) is 6.40. The number of aliphatic imine (C=N–C) groups is 2. The van der Waals surface area contributed by atoms with Crippen LogP contribution in [0.4, 0.5) is 0 Å². The van der Waals surface area contributed by atoms with Crippen molar-refractivity contribution in [3.05, 3.63) is 17.7 Å². The van der Waals surface area contributed by atoms with Gasteiger partial charge in [-0.05, 0) is 40.5 Å². The number of fused-ring (bicyclic) bond motifs is 1. The summed E-state index contributed by atoms with van der Waals surface area (Å²) in [6, 6.07) is 3.69. The second kappa shape index (κ2) is 8.75. The fourth-order valence-corrected chi connectivity index (χ4v) is 4.37. The normalized spacial score (nSPS) is 27.4. The van der Waals surface area contributed by atoms with Crippen LogP contribution in [-0.4, -0.2) is 69.1 Å². The second-order valence-electron chi connectivity index (χ2n) is 10.6. The summed E-state index contributed by atoms with van der Waals surface area (Å²) in [5.41, 5.74) is 0.320. The predicted molar refractivity (Wildman–Crippen MR) is 133 cm³/mol. The minimum atomic E-state index is -0.573. The summed E-state index contributed by atoms with van der Waals surface area (Å²) in [5, 5.41) is 0. The van der Waals surface area contributed by atoms with Crippen molar-refractivity contribution >= 4 is 24.4 Å². The van der Waals surface area contributed by atoms with E-state index in [0.717, 1.165) is 11.0 Å². The summed E-state index contributed by atoms with van der Waals surface area (Å²) >= 11 is 0. The summed E-state index contributed by atoms with van der Waals surface area (Å²) in [6.07, 6.45) is 0.531. The fourth-order valence-electron chi connectivity index (χ4n) is 4.37. The first-order chi connectivity index (χ1) is 15.9. The van der Waals surface area contributed by atoms with Crippen LogP contribution in [0, 0.1) is 5.92 Å². The summed E-state index contributed by atoms with van der Waals surface area (Å²) in [7, 11) is 2.74. The Morgan fingerprint density at radius 3 is 2.15 bits per heavy atom. The standard InChI is InChI=1S/C25H37BN2O6/c1-15(2)25(7)22(30-9)27-18(21(28-25)29-8)14-16-10-11-17(20-19(16)31-12-13-32-20)26-33-23(3,4)24(5,6)34-26/h10-11,15,18H,12-14H2,1-9H3/t18-,25+/m0/s1. The van der Waals surface area contributed by atoms with Crippen molar-refractivity contribution in [1.29, 1.82) is 0 Å². The zero-order chi connectivity index (χ0) is 24.9. The number of rotatable bonds is 4. The van der Waals surface area contributed by atoms with Crippen LogP contribution >= 0.6 is 0 Å². The largest absolute Gasteiger partial charge is 0.498 e. The number of nitrogens with zero attached hydrogens (tertiary/aromatic N) is 2. The van der Waals surface area contributed by atoms with Crippen molar-refractivity contribution in [3.63, 3.8) is 0 Å². The van der Waals surface area contributed by atoms with Crippen molar-refractivity contribution in [3.8, 4) is 11.5 Å². The molecular formula is C25H37BN2O6. The van der Waals surface area contributed by atoms with Crippen LogP contribution in [0.15, 0.2) is 22.1 Å². The first kappa shape index (κ1) is 24.9. The zero-order valence-corrected chi connectivity index (χ0v) is 21.9. The topological polar surface area (TPSA) is 80.1 Å². The van der Waals surface area contributed by atoms with Gasteiger partial charge in [-0.15, -0.1) is 0 Å². The average molecular weight is 472 g/mol. The molecule has 0 radical (unpaired) electrons. The van der Waals surface area contributed by atoms with E-state index in [4.69, 9.17) is 38.2 Å². The molecule has 1 fully saturated rings. The van der Waals surface area contributed by atoms with Crippen molar-refractivity contribution in [2.75, 3.05) is 27.4 Å². The summed E-state index contributed by atoms with van der Waals surface area (Å²) in [4.78, 5) is 9.81. The van der Waals surface area contributed by atoms with E-state index >= 15 is 0 Å². The third-order valence-electron chi connectivity index (χ3n) is 7.58. The van der Waals surface area contributed by atoms with E-state index in [2.05, 4.69) is 13.8 Å². The van der Waals surface area contributed by atoms with Crippen molar-refractivity contribution < 1.29 is 28.3 Å². The molecule has 1 aromatic carbocycles. The van der Waals surface area contributed by atoms with E-state index in [1.807, 2.05) is 46.8 Å². The van der Waals surface area contributed by atoms with Crippen LogP contribution in [0.5, 0.6) is 11.5 Å². The summed E-state index contributed by atoms with van der Waals surface area (Å²) in [5.74, 6) is 2.74. The van der Waals surface area contributed by atoms with Gasteiger partial charge in [0.1, 0.15) is 24.8 Å². The lowest BCUT2D eigenvalue weighted by molar-refractivity contribution is 0.00578. The van der Waals surface area contributed by atoms with Gasteiger partial charge in [-0.2, -0.15) is 0 Å². The quantitative estimate of drug-likeness (QED) is 0.627. The van der Waals surface area contributed by atoms with Crippen LogP contribution in [-0.2, 0) is 25.2 Å². The van der Waals surface area contributed by atoms with E-state index in [0.29, 0.717) is 42.9 Å². The molecule has 1 saturated heterocycles. The molecule has 3 aliphatic heterocycles. The minimum absolute atomic E-state index is 0.195. The fraction of sp³-hybridized carbons (Fsp3) is 0.680. The number of methoxy groups -OCH3 is 2. The smallest absolute Gasteiger partial charge is 0.486 e. The van der Waals surface area contributed by atoms with Crippen LogP contribution < -0.4 is 14.9 Å². The van der Waals surface area contributed by atoms with Gasteiger partial charge in [0.15, 0.2) is 11.5 Å². The average Bonchev–Trinajstić information content (AvgIpc) is 3.01. The lowest BCUT2D eigenvalue weighted by atomic mass is 9.77. The predicted octanol–water partition coefficient (Wildman–Crippen LogP) is 3.19. The van der Waals surface area contributed by atoms with Crippen LogP contribution in [0.1, 0.15) is 54.0 Å². The Hall–Kier alpha value is -2.26. The van der Waals surface area contributed by atoms with Gasteiger partial charge in [0.05, 0.1) is 25.4 Å². The maximum atomic E-state index is 6.28. The molecule has 186 valence electrons. The summed E-state index contributed by atoms with van der Waals surface area (Å²) < 4.78 is 36.1. The molecule has 9 heteroatoms. The SMILES string of the molecule is COC1=N[C@](C)(C(C)C)C(OC)=N[C@H]1Cc1ccc(B2OC(C)(C)C(C)(C)O2)c2c1OCCO2. The van der Waals surface area contributed by atoms with Gasteiger partial charge in [0.2, 0.25) is 11.8 Å². The molecule has 0 aromatic heterocycles. The van der Waals surface area contributed by atoms with Crippen molar-refractivity contribution in [1.82, 2.24) is 0 Å². The first-order valence-electron chi connectivity index (χ1n) is 12.0. The molecule has 34 heavy (non-hydrogen) atoms. The molecule has 0 amide bonds. The number of ether oxygens (including phenoxy) is 4. The number of hydrogen-bond donors (Lipinski definition) is 0. The Labute approximate surface area is 203 Å². The molecule has 4 rings (SSSR count). The highest BCUT2D eigenvalue weighted by atomic mass is 16.7. The molecule has 8 nitrogen and oxygen atoms in total. The summed E-state index contributed by atoms with van der Waals surface area (Å²) in [6.45, 7) is 15.3. The highest BCUT2D eigenvalue weighted by molar-refractivity contribution is 6.63. The molecule has 1 aromatic rings. The zero-order valence-electron chi connectivity index (χ0n) is 21.9. The van der Waals surface area contributed by atoms with Crippen molar-refractivity contribution in [2.24, 2.45) is 15.9 Å². The third kappa shape index (κ3) is 4.07. The van der Waals surface area contributed by atoms with E-state index in [1.54, 1.807) is 14.2 Å². The van der Waals surface area contributed by atoms with E-state index in [9.17, 15) is 0 Å². The Morgan fingerprint density at radius 1 is 0.971 bits per heavy atom. The molecule has 0 N–H and O–H groups in total. The lowest BCUT2D eigenvalue weighted by Gasteiger charge is -2.35. The van der Waals surface area contributed by atoms with Gasteiger partial charge in [-0.25, -0.2) is 9.98 Å². The molecule has 0 bridgehead atoms. The van der Waals surface area contributed by atoms with Crippen LogP contribution in [0.3, 0.4) is 0 Å². The van der Waals surface area contributed by atoms with Crippen LogP contribution in [0.2, 0.25) is 0 Å². The number of hydrogen-bond acceptors (Lipinski definition) is 8. The molecule has 0 unspecified atom stereocenters. The number of benzene rings is 1. The molecule has 0 aliphatic carbocycles. The van der Waals surface area contributed by atoms with Crippen LogP contribution in [0.25, 0.3) is 0 Å². The Morgan fingerprint density at radius 2 is 1.59 bits per heavy atom. The maximum absolute atomic E-state index is 6.28. The van der Waals surface area contributed by atoms with Gasteiger partial charge < -0.3 is 28.3 Å². The molecular weight excluding hydrogens is 435 g/mol. The van der Waals surface area contributed by atoms with Gasteiger partial charge in [0.25, 0.3) is 0 Å². The molecule has 2 atom stereocenters. The maximum Gasteiger partial charge on any atom is 0.498 e.